The van der Waals surface area contributed by atoms with Crippen molar-refractivity contribution in [3.8, 4) is 0 Å². The van der Waals surface area contributed by atoms with E-state index in [-0.39, 0.29) is 5.97 Å². The van der Waals surface area contributed by atoms with Crippen molar-refractivity contribution in [3.63, 3.8) is 0 Å². The molecule has 1 fully saturated rings. The van der Waals surface area contributed by atoms with Crippen molar-refractivity contribution in [2.45, 2.75) is 51.5 Å². The van der Waals surface area contributed by atoms with E-state index in [1.165, 1.54) is 19.3 Å². The van der Waals surface area contributed by atoms with Gasteiger partial charge >= 0.3 is 5.97 Å². The van der Waals surface area contributed by atoms with Crippen LogP contribution in [0.15, 0.2) is 30.3 Å². The molecule has 1 aliphatic carbocycles. The van der Waals surface area contributed by atoms with Gasteiger partial charge < -0.3 is 10.1 Å². The van der Waals surface area contributed by atoms with E-state index in [0.717, 1.165) is 18.5 Å². The Labute approximate surface area is 121 Å². The summed E-state index contributed by atoms with van der Waals surface area (Å²) in [5.74, 6) is 0.214. The lowest BCUT2D eigenvalue weighted by Crippen LogP contribution is -2.51. The van der Waals surface area contributed by atoms with Crippen molar-refractivity contribution in [1.82, 2.24) is 0 Å². The van der Waals surface area contributed by atoms with Crippen LogP contribution in [0.1, 0.15) is 46.0 Å². The van der Waals surface area contributed by atoms with E-state index in [1.54, 1.807) is 0 Å². The third-order valence-electron chi connectivity index (χ3n) is 4.30. The van der Waals surface area contributed by atoms with Gasteiger partial charge in [0.25, 0.3) is 0 Å². The fourth-order valence-electron chi connectivity index (χ4n) is 3.10. The van der Waals surface area contributed by atoms with Gasteiger partial charge in [0.2, 0.25) is 0 Å². The Bertz CT molecular complexity index is 426. The van der Waals surface area contributed by atoms with Crippen LogP contribution in [0.4, 0.5) is 5.69 Å². The standard InChI is InChI=1S/C17H25NO2/c1-3-20-16(19)17(2,14-10-6-4-7-11-14)18-15-12-8-5-9-13-15/h5,8-9,12-14,18H,3-4,6-7,10-11H2,1-2H3. The van der Waals surface area contributed by atoms with Crippen molar-refractivity contribution in [1.29, 1.82) is 0 Å². The summed E-state index contributed by atoms with van der Waals surface area (Å²) in [7, 11) is 0. The molecule has 0 aliphatic heterocycles. The van der Waals surface area contributed by atoms with Crippen molar-refractivity contribution in [3.05, 3.63) is 30.3 Å². The number of para-hydroxylation sites is 1. The Hall–Kier alpha value is -1.51. The number of carbonyl (C=O) groups excluding carboxylic acids is 1. The SMILES string of the molecule is CCOC(=O)C(C)(Nc1ccccc1)C1CCCCC1. The number of rotatable bonds is 5. The maximum absolute atomic E-state index is 12.5. The Balaban J connectivity index is 2.20. The second-order valence-corrected chi connectivity index (χ2v) is 5.75. The maximum atomic E-state index is 12.5. The van der Waals surface area contributed by atoms with Gasteiger partial charge in [-0.25, -0.2) is 4.79 Å². The smallest absolute Gasteiger partial charge is 0.331 e. The first-order valence-corrected chi connectivity index (χ1v) is 7.67. The van der Waals surface area contributed by atoms with Gasteiger partial charge in [0.05, 0.1) is 6.61 Å². The fourth-order valence-corrected chi connectivity index (χ4v) is 3.10. The highest BCUT2D eigenvalue weighted by molar-refractivity contribution is 5.84. The lowest BCUT2D eigenvalue weighted by Gasteiger charge is -2.39. The summed E-state index contributed by atoms with van der Waals surface area (Å²) < 4.78 is 5.33. The monoisotopic (exact) mass is 275 g/mol. The van der Waals surface area contributed by atoms with Crippen LogP contribution in [0, 0.1) is 5.92 Å². The first-order chi connectivity index (χ1) is 9.66. The number of carbonyl (C=O) groups is 1. The zero-order valence-electron chi connectivity index (χ0n) is 12.5. The van der Waals surface area contributed by atoms with Crippen LogP contribution in [0.25, 0.3) is 0 Å². The van der Waals surface area contributed by atoms with Crippen molar-refractivity contribution < 1.29 is 9.53 Å². The molecular weight excluding hydrogens is 250 g/mol. The number of nitrogens with one attached hydrogen (secondary N) is 1. The van der Waals surface area contributed by atoms with Crippen LogP contribution in [0.2, 0.25) is 0 Å². The Morgan fingerprint density at radius 2 is 1.90 bits per heavy atom. The molecule has 1 saturated carbocycles. The molecule has 1 aromatic rings. The first-order valence-electron chi connectivity index (χ1n) is 7.67. The molecule has 1 N–H and O–H groups in total. The number of esters is 1. The molecule has 0 spiro atoms. The summed E-state index contributed by atoms with van der Waals surface area (Å²) in [6, 6.07) is 9.94. The molecule has 1 atom stereocenters. The predicted molar refractivity (Wildman–Crippen MR) is 81.7 cm³/mol. The minimum Gasteiger partial charge on any atom is -0.464 e. The molecule has 0 bridgehead atoms. The molecule has 0 heterocycles. The molecule has 2 rings (SSSR count). The number of benzene rings is 1. The van der Waals surface area contributed by atoms with Crippen molar-refractivity contribution >= 4 is 11.7 Å². The summed E-state index contributed by atoms with van der Waals surface area (Å²) in [4.78, 5) is 12.5. The molecule has 3 nitrogen and oxygen atoms in total. The van der Waals surface area contributed by atoms with Crippen LogP contribution < -0.4 is 5.32 Å². The zero-order valence-corrected chi connectivity index (χ0v) is 12.5. The molecule has 0 aromatic heterocycles. The average molecular weight is 275 g/mol. The van der Waals surface area contributed by atoms with E-state index >= 15 is 0 Å². The van der Waals surface area contributed by atoms with E-state index in [4.69, 9.17) is 4.74 Å². The molecule has 3 heteroatoms. The Kier molecular flexibility index (Phi) is 5.05. The van der Waals surface area contributed by atoms with E-state index in [1.807, 2.05) is 44.2 Å². The highest BCUT2D eigenvalue weighted by Crippen LogP contribution is 2.35. The molecular formula is C17H25NO2. The third kappa shape index (κ3) is 3.33. The second kappa shape index (κ2) is 6.78. The van der Waals surface area contributed by atoms with Gasteiger partial charge in [0, 0.05) is 5.69 Å². The van der Waals surface area contributed by atoms with Crippen LogP contribution in [-0.4, -0.2) is 18.1 Å². The van der Waals surface area contributed by atoms with Crippen molar-refractivity contribution in [2.24, 2.45) is 5.92 Å². The van der Waals surface area contributed by atoms with Crippen LogP contribution >= 0.6 is 0 Å². The normalized spacial score (nSPS) is 19.1. The van der Waals surface area contributed by atoms with Crippen LogP contribution in [-0.2, 0) is 9.53 Å². The van der Waals surface area contributed by atoms with Gasteiger partial charge in [0.15, 0.2) is 0 Å². The minimum atomic E-state index is -0.627. The quantitative estimate of drug-likeness (QED) is 0.825. The zero-order chi connectivity index (χ0) is 14.4. The topological polar surface area (TPSA) is 38.3 Å². The predicted octanol–water partition coefficient (Wildman–Crippen LogP) is 4.00. The van der Waals surface area contributed by atoms with E-state index in [0.29, 0.717) is 12.5 Å². The molecule has 0 amide bonds. The average Bonchev–Trinajstić information content (AvgIpc) is 2.49. The molecule has 110 valence electrons. The summed E-state index contributed by atoms with van der Waals surface area (Å²) in [5, 5.41) is 3.44. The third-order valence-corrected chi connectivity index (χ3v) is 4.30. The van der Waals surface area contributed by atoms with Gasteiger partial charge in [-0.3, -0.25) is 0 Å². The molecule has 0 radical (unpaired) electrons. The highest BCUT2D eigenvalue weighted by atomic mass is 16.5. The number of anilines is 1. The molecule has 1 aliphatic rings. The molecule has 1 aromatic carbocycles. The summed E-state index contributed by atoms with van der Waals surface area (Å²) in [5.41, 5.74) is 0.353. The largest absolute Gasteiger partial charge is 0.464 e. The van der Waals surface area contributed by atoms with Crippen LogP contribution in [0.5, 0.6) is 0 Å². The van der Waals surface area contributed by atoms with Gasteiger partial charge in [0.1, 0.15) is 5.54 Å². The molecule has 0 saturated heterocycles. The number of ether oxygens (including phenoxy) is 1. The van der Waals surface area contributed by atoms with Gasteiger partial charge in [-0.15, -0.1) is 0 Å². The molecule has 20 heavy (non-hydrogen) atoms. The minimum absolute atomic E-state index is 0.129. The summed E-state index contributed by atoms with van der Waals surface area (Å²) in [6.45, 7) is 4.29. The van der Waals surface area contributed by atoms with Crippen molar-refractivity contribution in [2.75, 3.05) is 11.9 Å². The van der Waals surface area contributed by atoms with Gasteiger partial charge in [-0.2, -0.15) is 0 Å². The van der Waals surface area contributed by atoms with Gasteiger partial charge in [-0.1, -0.05) is 37.5 Å². The second-order valence-electron chi connectivity index (χ2n) is 5.75. The van der Waals surface area contributed by atoms with Crippen LogP contribution in [0.3, 0.4) is 0 Å². The lowest BCUT2D eigenvalue weighted by molar-refractivity contribution is -0.150. The molecule has 1 unspecified atom stereocenters. The van der Waals surface area contributed by atoms with Gasteiger partial charge in [-0.05, 0) is 44.7 Å². The van der Waals surface area contributed by atoms with E-state index in [2.05, 4.69) is 5.32 Å². The lowest BCUT2D eigenvalue weighted by atomic mass is 9.75. The Morgan fingerprint density at radius 1 is 1.25 bits per heavy atom. The summed E-state index contributed by atoms with van der Waals surface area (Å²) >= 11 is 0. The number of hydrogen-bond acceptors (Lipinski definition) is 3. The fraction of sp³-hybridized carbons (Fsp3) is 0.588. The Morgan fingerprint density at radius 3 is 2.50 bits per heavy atom. The number of hydrogen-bond donors (Lipinski definition) is 1. The van der Waals surface area contributed by atoms with E-state index < -0.39 is 5.54 Å². The maximum Gasteiger partial charge on any atom is 0.331 e. The first kappa shape index (κ1) is 14.9. The highest BCUT2D eigenvalue weighted by Gasteiger charge is 2.42. The van der Waals surface area contributed by atoms with E-state index in [9.17, 15) is 4.79 Å². The summed E-state index contributed by atoms with van der Waals surface area (Å²) in [6.07, 6.45) is 5.87.